The number of nitrogens with one attached hydrogen (secondary N) is 1. The Bertz CT molecular complexity index is 665. The molecule has 0 aliphatic carbocycles. The molecular weight excluding hydrogens is 287 g/mol. The first-order valence-corrected chi connectivity index (χ1v) is 5.96. The molecule has 0 bridgehead atoms. The number of halogens is 3. The van der Waals surface area contributed by atoms with E-state index in [-0.39, 0.29) is 23.6 Å². The minimum absolute atomic E-state index is 0.0172. The molecule has 1 amide bonds. The standard InChI is InChI=1S/C13H12F3N3O2/c1-7-2-3-8(4-10(7)13(14,15)16)18-12(20)11-5-9(6-17)19-21-11/h2-5H,6,17H2,1H3,(H,18,20). The number of carbonyl (C=O) groups excluding carboxylic acids is 1. The van der Waals surface area contributed by atoms with E-state index in [9.17, 15) is 18.0 Å². The van der Waals surface area contributed by atoms with Crippen LogP contribution in [0.15, 0.2) is 28.8 Å². The third kappa shape index (κ3) is 3.40. The number of nitrogens with two attached hydrogens (primary N) is 1. The summed E-state index contributed by atoms with van der Waals surface area (Å²) in [6.07, 6.45) is -4.48. The van der Waals surface area contributed by atoms with E-state index in [4.69, 9.17) is 10.3 Å². The van der Waals surface area contributed by atoms with Gasteiger partial charge in [-0.25, -0.2) is 0 Å². The van der Waals surface area contributed by atoms with Crippen LogP contribution in [0.5, 0.6) is 0 Å². The maximum absolute atomic E-state index is 12.8. The molecule has 1 heterocycles. The first kappa shape index (κ1) is 15.0. The van der Waals surface area contributed by atoms with Crippen molar-refractivity contribution in [2.75, 3.05) is 5.32 Å². The third-order valence-corrected chi connectivity index (χ3v) is 2.79. The molecule has 0 spiro atoms. The van der Waals surface area contributed by atoms with E-state index in [0.29, 0.717) is 5.69 Å². The van der Waals surface area contributed by atoms with E-state index >= 15 is 0 Å². The molecule has 2 rings (SSSR count). The van der Waals surface area contributed by atoms with Crippen LogP contribution >= 0.6 is 0 Å². The fraction of sp³-hybridized carbons (Fsp3) is 0.231. The summed E-state index contributed by atoms with van der Waals surface area (Å²) in [4.78, 5) is 11.8. The number of hydrogen-bond donors (Lipinski definition) is 2. The van der Waals surface area contributed by atoms with Crippen molar-refractivity contribution in [2.24, 2.45) is 5.73 Å². The highest BCUT2D eigenvalue weighted by molar-refractivity contribution is 6.02. The number of nitrogens with zero attached hydrogens (tertiary/aromatic N) is 1. The van der Waals surface area contributed by atoms with E-state index in [1.165, 1.54) is 25.1 Å². The lowest BCUT2D eigenvalue weighted by Crippen LogP contribution is -2.13. The van der Waals surface area contributed by atoms with Crippen molar-refractivity contribution in [3.63, 3.8) is 0 Å². The molecule has 0 aliphatic rings. The number of alkyl halides is 3. The molecule has 3 N–H and O–H groups in total. The predicted octanol–water partition coefficient (Wildman–Crippen LogP) is 2.71. The van der Waals surface area contributed by atoms with Gasteiger partial charge in [0.15, 0.2) is 0 Å². The summed E-state index contributed by atoms with van der Waals surface area (Å²) in [6.45, 7) is 1.44. The Morgan fingerprint density at radius 2 is 2.10 bits per heavy atom. The second kappa shape index (κ2) is 5.57. The van der Waals surface area contributed by atoms with Crippen molar-refractivity contribution in [2.45, 2.75) is 19.6 Å². The second-order valence-electron chi connectivity index (χ2n) is 4.37. The van der Waals surface area contributed by atoms with Gasteiger partial charge in [-0.2, -0.15) is 13.2 Å². The number of anilines is 1. The first-order valence-electron chi connectivity index (χ1n) is 5.96. The Balaban J connectivity index is 2.21. The highest BCUT2D eigenvalue weighted by Gasteiger charge is 2.32. The van der Waals surface area contributed by atoms with E-state index in [1.54, 1.807) is 0 Å². The highest BCUT2D eigenvalue weighted by atomic mass is 19.4. The van der Waals surface area contributed by atoms with Crippen molar-refractivity contribution >= 4 is 11.6 Å². The second-order valence-corrected chi connectivity index (χ2v) is 4.37. The van der Waals surface area contributed by atoms with E-state index in [0.717, 1.165) is 6.07 Å². The lowest BCUT2D eigenvalue weighted by molar-refractivity contribution is -0.138. The topological polar surface area (TPSA) is 81.2 Å². The summed E-state index contributed by atoms with van der Waals surface area (Å²) in [6, 6.07) is 4.86. The van der Waals surface area contributed by atoms with Crippen molar-refractivity contribution in [3.05, 3.63) is 46.8 Å². The molecule has 1 aromatic carbocycles. The van der Waals surface area contributed by atoms with Crippen molar-refractivity contribution in [1.29, 1.82) is 0 Å². The van der Waals surface area contributed by atoms with Gasteiger partial charge in [-0.05, 0) is 24.6 Å². The molecular formula is C13H12F3N3O2. The molecule has 0 fully saturated rings. The van der Waals surface area contributed by atoms with E-state index in [1.807, 2.05) is 0 Å². The molecule has 8 heteroatoms. The monoisotopic (exact) mass is 299 g/mol. The van der Waals surface area contributed by atoms with Crippen LogP contribution in [0, 0.1) is 6.92 Å². The van der Waals surface area contributed by atoms with Crippen molar-refractivity contribution in [1.82, 2.24) is 5.16 Å². The lowest BCUT2D eigenvalue weighted by atomic mass is 10.1. The van der Waals surface area contributed by atoms with Crippen molar-refractivity contribution in [3.8, 4) is 0 Å². The zero-order chi connectivity index (χ0) is 15.6. The van der Waals surface area contributed by atoms with Crippen molar-refractivity contribution < 1.29 is 22.5 Å². The highest BCUT2D eigenvalue weighted by Crippen LogP contribution is 2.33. The molecule has 21 heavy (non-hydrogen) atoms. The maximum Gasteiger partial charge on any atom is 0.416 e. The number of rotatable bonds is 3. The van der Waals surface area contributed by atoms with Gasteiger partial charge in [0.2, 0.25) is 5.76 Å². The minimum atomic E-state index is -4.48. The van der Waals surface area contributed by atoms with Gasteiger partial charge in [-0.15, -0.1) is 0 Å². The largest absolute Gasteiger partial charge is 0.416 e. The van der Waals surface area contributed by atoms with Crippen LogP contribution in [0.2, 0.25) is 0 Å². The Hall–Kier alpha value is -2.35. The summed E-state index contributed by atoms with van der Waals surface area (Å²) in [5.74, 6) is -0.816. The Morgan fingerprint density at radius 1 is 1.38 bits per heavy atom. The van der Waals surface area contributed by atoms with Crippen LogP contribution in [0.3, 0.4) is 0 Å². The van der Waals surface area contributed by atoms with E-state index < -0.39 is 17.6 Å². The van der Waals surface area contributed by atoms with Crippen LogP contribution in [0.1, 0.15) is 27.4 Å². The zero-order valence-corrected chi connectivity index (χ0v) is 11.0. The van der Waals surface area contributed by atoms with Crippen LogP contribution in [0.4, 0.5) is 18.9 Å². The molecule has 0 aliphatic heterocycles. The van der Waals surface area contributed by atoms with Gasteiger partial charge < -0.3 is 15.6 Å². The van der Waals surface area contributed by atoms with Crippen LogP contribution in [-0.4, -0.2) is 11.1 Å². The van der Waals surface area contributed by atoms with Gasteiger partial charge in [0, 0.05) is 18.3 Å². The predicted molar refractivity (Wildman–Crippen MR) is 68.5 cm³/mol. The lowest BCUT2D eigenvalue weighted by Gasteiger charge is -2.12. The van der Waals surface area contributed by atoms with E-state index in [2.05, 4.69) is 10.5 Å². The molecule has 5 nitrogen and oxygen atoms in total. The Morgan fingerprint density at radius 3 is 2.67 bits per heavy atom. The fourth-order valence-corrected chi connectivity index (χ4v) is 1.71. The number of hydrogen-bond acceptors (Lipinski definition) is 4. The summed E-state index contributed by atoms with van der Waals surface area (Å²) >= 11 is 0. The van der Waals surface area contributed by atoms with Gasteiger partial charge in [-0.1, -0.05) is 11.2 Å². The SMILES string of the molecule is Cc1ccc(NC(=O)c2cc(CN)no2)cc1C(F)(F)F. The average Bonchev–Trinajstić information content (AvgIpc) is 2.88. The normalized spacial score (nSPS) is 11.5. The van der Waals surface area contributed by atoms with Gasteiger partial charge in [0.25, 0.3) is 5.91 Å². The number of amides is 1. The smallest absolute Gasteiger partial charge is 0.351 e. The molecule has 112 valence electrons. The average molecular weight is 299 g/mol. The van der Waals surface area contributed by atoms with Gasteiger partial charge in [0.05, 0.1) is 11.3 Å². The van der Waals surface area contributed by atoms with Gasteiger partial charge in [-0.3, -0.25) is 4.79 Å². The minimum Gasteiger partial charge on any atom is -0.351 e. The van der Waals surface area contributed by atoms with Gasteiger partial charge in [0.1, 0.15) is 0 Å². The van der Waals surface area contributed by atoms with Crippen LogP contribution in [0.25, 0.3) is 0 Å². The zero-order valence-electron chi connectivity index (χ0n) is 11.0. The molecule has 2 aromatic rings. The molecule has 0 saturated carbocycles. The molecule has 1 aromatic heterocycles. The number of benzene rings is 1. The molecule has 0 saturated heterocycles. The summed E-state index contributed by atoms with van der Waals surface area (Å²) in [5, 5.41) is 5.85. The molecule has 0 radical (unpaired) electrons. The summed E-state index contributed by atoms with van der Waals surface area (Å²) in [5.41, 5.74) is 4.98. The summed E-state index contributed by atoms with van der Waals surface area (Å²) in [7, 11) is 0. The van der Waals surface area contributed by atoms with Crippen LogP contribution in [-0.2, 0) is 12.7 Å². The Kier molecular flexibility index (Phi) is 3.99. The molecule has 0 atom stereocenters. The summed E-state index contributed by atoms with van der Waals surface area (Å²) < 4.78 is 43.1. The van der Waals surface area contributed by atoms with Gasteiger partial charge >= 0.3 is 6.18 Å². The fourth-order valence-electron chi connectivity index (χ4n) is 1.71. The number of aromatic nitrogens is 1. The quantitative estimate of drug-likeness (QED) is 0.913. The molecule has 0 unspecified atom stereocenters. The third-order valence-electron chi connectivity index (χ3n) is 2.79. The first-order chi connectivity index (χ1) is 9.81. The number of aryl methyl sites for hydroxylation is 1. The van der Waals surface area contributed by atoms with Crippen LogP contribution < -0.4 is 11.1 Å². The Labute approximate surface area is 117 Å². The maximum atomic E-state index is 12.8. The number of carbonyl (C=O) groups is 1.